The molecule has 4 heterocycles. The fourth-order valence-corrected chi connectivity index (χ4v) is 5.98. The molecule has 7 heteroatoms. The highest BCUT2D eigenvalue weighted by Gasteiger charge is 2.35. The molecule has 0 bridgehead atoms. The first kappa shape index (κ1) is 27.4. The minimum Gasteiger partial charge on any atom is -0.497 e. The van der Waals surface area contributed by atoms with Gasteiger partial charge < -0.3 is 9.14 Å². The van der Waals surface area contributed by atoms with Gasteiger partial charge in [-0.1, -0.05) is 31.5 Å². The maximum Gasteiger partial charge on any atom is 0.137 e. The summed E-state index contributed by atoms with van der Waals surface area (Å²) in [5.74, 6) is 1.01. The molecule has 6 rings (SSSR count). The molecule has 204 valence electrons. The monoisotopic (exact) mass is 546 g/mol. The van der Waals surface area contributed by atoms with Gasteiger partial charge in [0.2, 0.25) is 0 Å². The molecule has 1 saturated heterocycles. The molecule has 2 aliphatic rings. The summed E-state index contributed by atoms with van der Waals surface area (Å²) in [6.45, 7) is 7.37. The third-order valence-corrected chi connectivity index (χ3v) is 8.24. The van der Waals surface area contributed by atoms with Crippen LogP contribution >= 0.6 is 11.6 Å². The Bertz CT molecular complexity index is 1500. The summed E-state index contributed by atoms with van der Waals surface area (Å²) < 4.78 is 20.7. The number of aromatic nitrogens is 3. The first-order chi connectivity index (χ1) is 19.1. The highest BCUT2D eigenvalue weighted by Crippen LogP contribution is 2.42. The fraction of sp³-hybridized carbons (Fsp3) is 0.375. The van der Waals surface area contributed by atoms with Gasteiger partial charge in [-0.05, 0) is 89.9 Å². The molecular weight excluding hydrogens is 511 g/mol. The second-order valence-electron chi connectivity index (χ2n) is 10.1. The Morgan fingerprint density at radius 2 is 1.95 bits per heavy atom. The lowest BCUT2D eigenvalue weighted by molar-refractivity contribution is 0.00517. The molecule has 0 N–H and O–H groups in total. The number of nitrogens with zero attached hydrogens (tertiary/aromatic N) is 4. The van der Waals surface area contributed by atoms with Gasteiger partial charge in [0.15, 0.2) is 0 Å². The first-order valence-corrected chi connectivity index (χ1v) is 14.2. The Labute approximate surface area is 235 Å². The van der Waals surface area contributed by atoms with Crippen molar-refractivity contribution in [3.8, 4) is 5.75 Å². The summed E-state index contributed by atoms with van der Waals surface area (Å²) in [7, 11) is 1.71. The van der Waals surface area contributed by atoms with Crippen LogP contribution in [0.4, 0.5) is 4.39 Å². The van der Waals surface area contributed by atoms with E-state index in [0.717, 1.165) is 60.6 Å². The van der Waals surface area contributed by atoms with Crippen molar-refractivity contribution in [2.45, 2.75) is 52.6 Å². The number of ether oxygens (including phenoxy) is 1. The Hall–Kier alpha value is -3.22. The van der Waals surface area contributed by atoms with E-state index < -0.39 is 0 Å². The Morgan fingerprint density at radius 3 is 2.69 bits per heavy atom. The van der Waals surface area contributed by atoms with Crippen LogP contribution in [0.5, 0.6) is 5.75 Å². The maximum absolute atomic E-state index is 13.1. The Kier molecular flexibility index (Phi) is 8.34. The molecule has 1 aliphatic carbocycles. The van der Waals surface area contributed by atoms with Crippen LogP contribution in [-0.2, 0) is 13.0 Å². The summed E-state index contributed by atoms with van der Waals surface area (Å²) >= 11 is 6.68. The number of aryl methyl sites for hydroxylation is 1. The molecule has 1 fully saturated rings. The maximum atomic E-state index is 13.1. The number of pyridine rings is 2. The predicted molar refractivity (Wildman–Crippen MR) is 157 cm³/mol. The van der Waals surface area contributed by atoms with Gasteiger partial charge in [-0.25, -0.2) is 4.98 Å². The zero-order valence-electron chi connectivity index (χ0n) is 23.1. The minimum atomic E-state index is -0.252. The normalized spacial score (nSPS) is 19.1. The summed E-state index contributed by atoms with van der Waals surface area (Å²) in [6.07, 6.45) is 10.6. The number of methoxy groups -OCH3 is 1. The lowest BCUT2D eigenvalue weighted by Crippen LogP contribution is -2.54. The van der Waals surface area contributed by atoms with Crippen LogP contribution in [0.15, 0.2) is 61.2 Å². The number of benzene rings is 1. The number of hydrogen-bond acceptors (Lipinski definition) is 4. The van der Waals surface area contributed by atoms with Crippen molar-refractivity contribution in [2.75, 3.05) is 20.3 Å². The van der Waals surface area contributed by atoms with Crippen LogP contribution in [0.1, 0.15) is 61.6 Å². The van der Waals surface area contributed by atoms with Crippen LogP contribution in [0.2, 0.25) is 5.02 Å². The molecule has 0 saturated carbocycles. The number of allylic oxidation sites excluding steroid dienone is 1. The molecule has 0 amide bonds. The standard InChI is InChI=1S/C30H30ClFN4O.C2H6/c1-19-22(14-32)16-36(19)18-23-17-35-11-9-21(13-29(35)34-23)30-25-7-6-24(37-2)12-20(25)4-3-5-27(30)26-8-10-33-15-28(26)31;1-2/h6-13,15,17,19,22H,3-5,14,16,18H2,1-2H3;1-2H3. The highest BCUT2D eigenvalue weighted by atomic mass is 35.5. The molecule has 4 aromatic rings. The van der Waals surface area contributed by atoms with Gasteiger partial charge in [0.1, 0.15) is 11.4 Å². The van der Waals surface area contributed by atoms with E-state index in [4.69, 9.17) is 21.3 Å². The van der Waals surface area contributed by atoms with E-state index in [1.54, 1.807) is 19.5 Å². The largest absolute Gasteiger partial charge is 0.497 e. The van der Waals surface area contributed by atoms with Gasteiger partial charge in [0.25, 0.3) is 0 Å². The molecule has 2 unspecified atom stereocenters. The number of fused-ring (bicyclic) bond motifs is 2. The summed E-state index contributed by atoms with van der Waals surface area (Å²) in [5.41, 5.74) is 8.89. The molecule has 0 spiro atoms. The van der Waals surface area contributed by atoms with Crippen LogP contribution in [0.25, 0.3) is 16.8 Å². The molecule has 0 radical (unpaired) electrons. The van der Waals surface area contributed by atoms with Crippen molar-refractivity contribution in [1.29, 1.82) is 0 Å². The molecule has 1 aromatic carbocycles. The van der Waals surface area contributed by atoms with Crippen molar-refractivity contribution in [2.24, 2.45) is 5.92 Å². The summed E-state index contributed by atoms with van der Waals surface area (Å²) in [5, 5.41) is 0.659. The number of imidazole rings is 1. The number of rotatable bonds is 6. The van der Waals surface area contributed by atoms with E-state index in [2.05, 4.69) is 57.9 Å². The lowest BCUT2D eigenvalue weighted by atomic mass is 9.88. The van der Waals surface area contributed by atoms with Gasteiger partial charge in [-0.15, -0.1) is 0 Å². The molecule has 5 nitrogen and oxygen atoms in total. The van der Waals surface area contributed by atoms with Crippen molar-refractivity contribution >= 4 is 28.4 Å². The third kappa shape index (κ3) is 5.32. The lowest BCUT2D eigenvalue weighted by Gasteiger charge is -2.44. The molecular formula is C32H36ClFN4O. The summed E-state index contributed by atoms with van der Waals surface area (Å²) in [6, 6.07) is 12.9. The average molecular weight is 547 g/mol. The quantitative estimate of drug-likeness (QED) is 0.251. The number of alkyl halides is 1. The number of likely N-dealkylation sites (tertiary alicyclic amines) is 1. The number of halogens is 2. The van der Waals surface area contributed by atoms with Gasteiger partial charge in [-0.3, -0.25) is 14.3 Å². The Morgan fingerprint density at radius 1 is 1.10 bits per heavy atom. The van der Waals surface area contributed by atoms with E-state index in [-0.39, 0.29) is 18.6 Å². The average Bonchev–Trinajstić information content (AvgIpc) is 3.28. The van der Waals surface area contributed by atoms with E-state index in [0.29, 0.717) is 5.02 Å². The van der Waals surface area contributed by atoms with E-state index in [9.17, 15) is 4.39 Å². The van der Waals surface area contributed by atoms with Crippen molar-refractivity contribution in [3.63, 3.8) is 0 Å². The van der Waals surface area contributed by atoms with Crippen molar-refractivity contribution in [1.82, 2.24) is 19.3 Å². The SMILES string of the molecule is CC.COc1ccc2c(c1)CCCC(c1ccncc1Cl)=C2c1ccn2cc(CN3CC(CF)C3C)nc2c1. The highest BCUT2D eigenvalue weighted by molar-refractivity contribution is 6.32. The van der Waals surface area contributed by atoms with E-state index in [1.165, 1.54) is 22.3 Å². The number of hydrogen-bond donors (Lipinski definition) is 0. The predicted octanol–water partition coefficient (Wildman–Crippen LogP) is 7.50. The van der Waals surface area contributed by atoms with Gasteiger partial charge in [0, 0.05) is 49.8 Å². The molecule has 39 heavy (non-hydrogen) atoms. The van der Waals surface area contributed by atoms with Crippen LogP contribution in [0.3, 0.4) is 0 Å². The van der Waals surface area contributed by atoms with E-state index >= 15 is 0 Å². The fourth-order valence-electron chi connectivity index (χ4n) is 5.75. The van der Waals surface area contributed by atoms with Crippen molar-refractivity contribution < 1.29 is 9.13 Å². The van der Waals surface area contributed by atoms with Crippen LogP contribution in [-0.4, -0.2) is 45.6 Å². The zero-order valence-corrected chi connectivity index (χ0v) is 23.9. The van der Waals surface area contributed by atoms with Gasteiger partial charge in [0.05, 0.1) is 24.5 Å². The van der Waals surface area contributed by atoms with Crippen LogP contribution in [0, 0.1) is 5.92 Å². The topological polar surface area (TPSA) is 42.7 Å². The second-order valence-corrected chi connectivity index (χ2v) is 10.5. The molecule has 3 aromatic heterocycles. The van der Waals surface area contributed by atoms with Gasteiger partial charge in [-0.2, -0.15) is 0 Å². The zero-order chi connectivity index (χ0) is 27.5. The molecule has 1 aliphatic heterocycles. The van der Waals surface area contributed by atoms with Gasteiger partial charge >= 0.3 is 0 Å². The smallest absolute Gasteiger partial charge is 0.137 e. The molecule has 2 atom stereocenters. The van der Waals surface area contributed by atoms with E-state index in [1.807, 2.05) is 26.0 Å². The van der Waals surface area contributed by atoms with Crippen molar-refractivity contribution in [3.05, 3.63) is 94.2 Å². The Balaban J connectivity index is 0.00000151. The second kappa shape index (κ2) is 11.9. The minimum absolute atomic E-state index is 0.142. The summed E-state index contributed by atoms with van der Waals surface area (Å²) in [4.78, 5) is 11.4. The first-order valence-electron chi connectivity index (χ1n) is 13.8. The third-order valence-electron chi connectivity index (χ3n) is 7.94. The van der Waals surface area contributed by atoms with Crippen LogP contribution < -0.4 is 4.74 Å².